The molecule has 1 aliphatic carbocycles. The minimum atomic E-state index is -0.539. The highest BCUT2D eigenvalue weighted by molar-refractivity contribution is 5.72. The summed E-state index contributed by atoms with van der Waals surface area (Å²) in [5, 5.41) is 2.75. The Morgan fingerprint density at radius 1 is 1.17 bits per heavy atom. The zero-order valence-corrected chi connectivity index (χ0v) is 21.9. The third-order valence-corrected chi connectivity index (χ3v) is 6.15. The number of carbonyl (C=O) groups is 2. The van der Waals surface area contributed by atoms with E-state index in [9.17, 15) is 9.59 Å². The SMILES string of the molecule is CCOC(=O)C(CCCNC(=O)OC(C)(C)C)Cc1cn(C2CCC(Oc3ccncc3)CC2)cn1. The van der Waals surface area contributed by atoms with E-state index in [4.69, 9.17) is 14.2 Å². The second-order valence-corrected chi connectivity index (χ2v) is 10.3. The van der Waals surface area contributed by atoms with Crippen LogP contribution >= 0.6 is 0 Å². The molecule has 9 nitrogen and oxygen atoms in total. The molecule has 0 aromatic carbocycles. The molecule has 3 rings (SSSR count). The molecule has 1 N–H and O–H groups in total. The smallest absolute Gasteiger partial charge is 0.407 e. The van der Waals surface area contributed by atoms with E-state index in [1.165, 1.54) is 0 Å². The topological polar surface area (TPSA) is 105 Å². The lowest BCUT2D eigenvalue weighted by Crippen LogP contribution is -2.33. The lowest BCUT2D eigenvalue weighted by Gasteiger charge is -2.29. The molecule has 0 spiro atoms. The summed E-state index contributed by atoms with van der Waals surface area (Å²) in [6.07, 6.45) is 12.9. The number of imidazole rings is 1. The van der Waals surface area contributed by atoms with Gasteiger partial charge in [0.05, 0.1) is 30.7 Å². The van der Waals surface area contributed by atoms with E-state index >= 15 is 0 Å². The Morgan fingerprint density at radius 3 is 2.56 bits per heavy atom. The molecular formula is C27H40N4O5. The number of hydrogen-bond donors (Lipinski definition) is 1. The highest BCUT2D eigenvalue weighted by atomic mass is 16.6. The van der Waals surface area contributed by atoms with Crippen LogP contribution in [0.3, 0.4) is 0 Å². The average molecular weight is 501 g/mol. The van der Waals surface area contributed by atoms with E-state index in [1.807, 2.05) is 46.2 Å². The molecule has 1 atom stereocenters. The van der Waals surface area contributed by atoms with Crippen molar-refractivity contribution in [3.05, 3.63) is 42.7 Å². The molecule has 0 bridgehead atoms. The molecule has 9 heteroatoms. The Hall–Kier alpha value is -3.10. The Balaban J connectivity index is 1.47. The Labute approximate surface area is 213 Å². The fourth-order valence-corrected chi connectivity index (χ4v) is 4.42. The van der Waals surface area contributed by atoms with Gasteiger partial charge in [0.2, 0.25) is 0 Å². The largest absolute Gasteiger partial charge is 0.490 e. The number of hydrogen-bond acceptors (Lipinski definition) is 7. The van der Waals surface area contributed by atoms with Crippen molar-refractivity contribution in [1.82, 2.24) is 19.9 Å². The van der Waals surface area contributed by atoms with Gasteiger partial charge in [0, 0.05) is 37.6 Å². The molecule has 0 radical (unpaired) electrons. The predicted octanol–water partition coefficient (Wildman–Crippen LogP) is 4.87. The van der Waals surface area contributed by atoms with E-state index in [0.717, 1.165) is 37.1 Å². The zero-order chi connectivity index (χ0) is 26.0. The summed E-state index contributed by atoms with van der Waals surface area (Å²) in [5.74, 6) is 0.334. The molecule has 0 aliphatic heterocycles. The number of aromatic nitrogens is 3. The normalized spacial score (nSPS) is 18.8. The van der Waals surface area contributed by atoms with Gasteiger partial charge in [0.1, 0.15) is 11.4 Å². The first-order chi connectivity index (χ1) is 17.2. The van der Waals surface area contributed by atoms with E-state index in [2.05, 4.69) is 26.0 Å². The molecule has 1 saturated carbocycles. The number of ether oxygens (including phenoxy) is 3. The van der Waals surface area contributed by atoms with Gasteiger partial charge >= 0.3 is 12.1 Å². The molecule has 1 unspecified atom stereocenters. The lowest BCUT2D eigenvalue weighted by molar-refractivity contribution is -0.148. The molecule has 2 heterocycles. The fraction of sp³-hybridized carbons (Fsp3) is 0.630. The van der Waals surface area contributed by atoms with Crippen molar-refractivity contribution in [2.45, 2.75) is 90.4 Å². The summed E-state index contributed by atoms with van der Waals surface area (Å²) in [5.41, 5.74) is 0.339. The van der Waals surface area contributed by atoms with Gasteiger partial charge in [-0.15, -0.1) is 0 Å². The molecular weight excluding hydrogens is 460 g/mol. The summed E-state index contributed by atoms with van der Waals surface area (Å²) in [7, 11) is 0. The van der Waals surface area contributed by atoms with E-state index < -0.39 is 11.7 Å². The van der Waals surface area contributed by atoms with Crippen LogP contribution in [0.5, 0.6) is 5.75 Å². The fourth-order valence-electron chi connectivity index (χ4n) is 4.42. The van der Waals surface area contributed by atoms with Gasteiger partial charge in [-0.2, -0.15) is 0 Å². The molecule has 0 saturated heterocycles. The number of amides is 1. The van der Waals surface area contributed by atoms with Crippen LogP contribution in [0.4, 0.5) is 4.79 Å². The average Bonchev–Trinajstić information content (AvgIpc) is 3.30. The van der Waals surface area contributed by atoms with Crippen molar-refractivity contribution in [3.63, 3.8) is 0 Å². The highest BCUT2D eigenvalue weighted by Gasteiger charge is 2.25. The number of alkyl carbamates (subject to hydrolysis) is 1. The van der Waals surface area contributed by atoms with Gasteiger partial charge in [0.25, 0.3) is 0 Å². The predicted molar refractivity (Wildman–Crippen MR) is 136 cm³/mol. The van der Waals surface area contributed by atoms with Crippen LogP contribution in [0.1, 0.15) is 78.0 Å². The van der Waals surface area contributed by atoms with Crippen LogP contribution in [0.2, 0.25) is 0 Å². The highest BCUT2D eigenvalue weighted by Crippen LogP contribution is 2.31. The number of carbonyl (C=O) groups excluding carboxylic acids is 2. The van der Waals surface area contributed by atoms with Crippen molar-refractivity contribution >= 4 is 12.1 Å². The first-order valence-electron chi connectivity index (χ1n) is 13.0. The number of nitrogens with zero attached hydrogens (tertiary/aromatic N) is 3. The van der Waals surface area contributed by atoms with E-state index in [-0.39, 0.29) is 18.0 Å². The molecule has 1 aliphatic rings. The molecule has 2 aromatic rings. The summed E-state index contributed by atoms with van der Waals surface area (Å²) < 4.78 is 18.8. The quantitative estimate of drug-likeness (QED) is 0.347. The minimum absolute atomic E-state index is 0.217. The van der Waals surface area contributed by atoms with Crippen LogP contribution in [0.25, 0.3) is 0 Å². The Bertz CT molecular complexity index is 949. The number of pyridine rings is 1. The van der Waals surface area contributed by atoms with Gasteiger partial charge in [0.15, 0.2) is 0 Å². The minimum Gasteiger partial charge on any atom is -0.490 e. The second-order valence-electron chi connectivity index (χ2n) is 10.3. The number of rotatable bonds is 11. The van der Waals surface area contributed by atoms with E-state index in [1.54, 1.807) is 12.4 Å². The van der Waals surface area contributed by atoms with Gasteiger partial charge in [-0.05, 0) is 78.4 Å². The Morgan fingerprint density at radius 2 is 1.89 bits per heavy atom. The zero-order valence-electron chi connectivity index (χ0n) is 21.9. The third-order valence-electron chi connectivity index (χ3n) is 6.15. The van der Waals surface area contributed by atoms with Crippen molar-refractivity contribution in [1.29, 1.82) is 0 Å². The molecule has 36 heavy (non-hydrogen) atoms. The van der Waals surface area contributed by atoms with Crippen LogP contribution in [0, 0.1) is 5.92 Å². The van der Waals surface area contributed by atoms with Crippen LogP contribution in [0.15, 0.2) is 37.1 Å². The summed E-state index contributed by atoms with van der Waals surface area (Å²) >= 11 is 0. The van der Waals surface area contributed by atoms with Crippen LogP contribution in [-0.4, -0.2) is 51.5 Å². The van der Waals surface area contributed by atoms with Crippen LogP contribution < -0.4 is 10.1 Å². The first kappa shape index (κ1) is 27.5. The second kappa shape index (κ2) is 13.3. The van der Waals surface area contributed by atoms with Gasteiger partial charge in [-0.1, -0.05) is 0 Å². The van der Waals surface area contributed by atoms with Crippen molar-refractivity contribution in [3.8, 4) is 5.75 Å². The van der Waals surface area contributed by atoms with Gasteiger partial charge in [-0.3, -0.25) is 9.78 Å². The van der Waals surface area contributed by atoms with E-state index in [0.29, 0.717) is 38.5 Å². The molecule has 1 fully saturated rings. The monoisotopic (exact) mass is 500 g/mol. The summed E-state index contributed by atoms with van der Waals surface area (Å²) in [6.45, 7) is 8.05. The maximum Gasteiger partial charge on any atom is 0.407 e. The van der Waals surface area contributed by atoms with Gasteiger partial charge < -0.3 is 24.1 Å². The first-order valence-corrected chi connectivity index (χ1v) is 13.0. The standard InChI is InChI=1S/C27H40N4O5/c1-5-34-25(32)20(7-6-14-29-26(33)36-27(2,3)4)17-21-18-31(19-30-21)22-8-10-23(11-9-22)35-24-12-15-28-16-13-24/h12-13,15-16,18-20,22-23H,5-11,14,17H2,1-4H3,(H,29,33). The third kappa shape index (κ3) is 9.17. The Kier molecular flexibility index (Phi) is 10.1. The molecule has 2 aromatic heterocycles. The van der Waals surface area contributed by atoms with Crippen LogP contribution in [-0.2, 0) is 20.7 Å². The number of esters is 1. The molecule has 1 amide bonds. The van der Waals surface area contributed by atoms with Crippen molar-refractivity contribution in [2.24, 2.45) is 5.92 Å². The van der Waals surface area contributed by atoms with Gasteiger partial charge in [-0.25, -0.2) is 9.78 Å². The number of nitrogens with one attached hydrogen (secondary N) is 1. The maximum atomic E-state index is 12.6. The molecule has 198 valence electrons. The van der Waals surface area contributed by atoms with Crippen molar-refractivity contribution in [2.75, 3.05) is 13.2 Å². The summed E-state index contributed by atoms with van der Waals surface area (Å²) in [6, 6.07) is 4.16. The summed E-state index contributed by atoms with van der Waals surface area (Å²) in [4.78, 5) is 33.0. The van der Waals surface area contributed by atoms with Crippen molar-refractivity contribution < 1.29 is 23.8 Å². The maximum absolute atomic E-state index is 12.6. The lowest BCUT2D eigenvalue weighted by atomic mass is 9.92.